The van der Waals surface area contributed by atoms with Gasteiger partial charge >= 0.3 is 0 Å². The summed E-state index contributed by atoms with van der Waals surface area (Å²) >= 11 is 0. The lowest BCUT2D eigenvalue weighted by Gasteiger charge is -2.12. The van der Waals surface area contributed by atoms with Crippen LogP contribution in [0, 0.1) is 0 Å². The fraction of sp³-hybridized carbons (Fsp3) is 0.0833. The lowest BCUT2D eigenvalue weighted by molar-refractivity contribution is -0.117. The van der Waals surface area contributed by atoms with E-state index in [1.165, 1.54) is 6.07 Å². The summed E-state index contributed by atoms with van der Waals surface area (Å²) in [6.45, 7) is 0. The van der Waals surface area contributed by atoms with Crippen LogP contribution in [-0.4, -0.2) is 19.3 Å². The Kier molecular flexibility index (Phi) is 5.89. The highest BCUT2D eigenvalue weighted by Crippen LogP contribution is 2.30. The molecule has 0 atom stereocenters. The third-order valence-electron chi connectivity index (χ3n) is 5.14. The van der Waals surface area contributed by atoms with E-state index in [0.717, 1.165) is 27.6 Å². The van der Waals surface area contributed by atoms with E-state index in [4.69, 9.17) is 10.9 Å². The molecule has 4 rings (SSSR count). The fourth-order valence-corrected chi connectivity index (χ4v) is 4.32. The van der Waals surface area contributed by atoms with E-state index < -0.39 is 10.0 Å². The second kappa shape index (κ2) is 8.78. The third kappa shape index (κ3) is 4.77. The Morgan fingerprint density at radius 3 is 2.44 bits per heavy atom. The van der Waals surface area contributed by atoms with Gasteiger partial charge in [0.15, 0.2) is 0 Å². The van der Waals surface area contributed by atoms with Crippen LogP contribution < -0.4 is 16.2 Å². The van der Waals surface area contributed by atoms with Crippen LogP contribution in [0.3, 0.4) is 0 Å². The standard InChI is InChI=1S/C24H22N4O3S/c25-23(29)12-6-16-5-7-18-13-14-27-24(21(18)15-16)28-19-10-8-17(9-11-19)20-3-1-2-4-22(20)32(26,30)31/h1-5,7-11,13-15H,6,12H2,(H2,25,29)(H,27,28)(H2,26,30,31). The number of rotatable bonds is 7. The van der Waals surface area contributed by atoms with Crippen molar-refractivity contribution in [2.75, 3.05) is 5.32 Å². The van der Waals surface area contributed by atoms with Crippen LogP contribution in [0.4, 0.5) is 11.5 Å². The Morgan fingerprint density at radius 2 is 1.72 bits per heavy atom. The Bertz CT molecular complexity index is 1400. The number of nitrogens with zero attached hydrogens (tertiary/aromatic N) is 1. The number of sulfonamides is 1. The van der Waals surface area contributed by atoms with Crippen LogP contribution in [0.25, 0.3) is 21.9 Å². The first-order valence-corrected chi connectivity index (χ1v) is 11.5. The normalized spacial score (nSPS) is 11.4. The maximum absolute atomic E-state index is 11.9. The molecule has 0 aliphatic carbocycles. The van der Waals surface area contributed by atoms with E-state index in [9.17, 15) is 13.2 Å². The summed E-state index contributed by atoms with van der Waals surface area (Å²) in [5.74, 6) is 0.347. The van der Waals surface area contributed by atoms with Crippen molar-refractivity contribution in [3.05, 3.63) is 84.6 Å². The van der Waals surface area contributed by atoms with Gasteiger partial charge in [-0.2, -0.15) is 0 Å². The van der Waals surface area contributed by atoms with Gasteiger partial charge in [-0.25, -0.2) is 18.5 Å². The van der Waals surface area contributed by atoms with Crippen LogP contribution in [0.1, 0.15) is 12.0 Å². The van der Waals surface area contributed by atoms with Gasteiger partial charge in [0.2, 0.25) is 15.9 Å². The van der Waals surface area contributed by atoms with Crippen molar-refractivity contribution in [3.63, 3.8) is 0 Å². The highest BCUT2D eigenvalue weighted by Gasteiger charge is 2.14. The molecule has 0 saturated carbocycles. The molecule has 0 fully saturated rings. The number of nitrogens with two attached hydrogens (primary N) is 2. The number of hydrogen-bond acceptors (Lipinski definition) is 5. The molecule has 1 amide bonds. The van der Waals surface area contributed by atoms with Crippen molar-refractivity contribution in [2.24, 2.45) is 10.9 Å². The molecule has 0 saturated heterocycles. The number of aryl methyl sites for hydroxylation is 1. The van der Waals surface area contributed by atoms with Crippen LogP contribution >= 0.6 is 0 Å². The first-order valence-electron chi connectivity index (χ1n) is 9.96. The second-order valence-electron chi connectivity index (χ2n) is 7.42. The predicted octanol–water partition coefficient (Wildman–Crippen LogP) is 3.71. The van der Waals surface area contributed by atoms with Gasteiger partial charge in [-0.05, 0) is 53.3 Å². The van der Waals surface area contributed by atoms with Gasteiger partial charge in [0, 0.05) is 29.3 Å². The van der Waals surface area contributed by atoms with Crippen LogP contribution in [0.2, 0.25) is 0 Å². The van der Waals surface area contributed by atoms with E-state index in [-0.39, 0.29) is 17.2 Å². The SMILES string of the molecule is NC(=O)CCc1ccc2ccnc(Nc3ccc(-c4ccccc4S(N)(=O)=O)cc3)c2c1. The summed E-state index contributed by atoms with van der Waals surface area (Å²) in [6, 6.07) is 21.9. The zero-order chi connectivity index (χ0) is 22.7. The largest absolute Gasteiger partial charge is 0.370 e. The quantitative estimate of drug-likeness (QED) is 0.399. The van der Waals surface area contributed by atoms with Gasteiger partial charge in [0.05, 0.1) is 4.90 Å². The van der Waals surface area contributed by atoms with Gasteiger partial charge in [-0.15, -0.1) is 0 Å². The molecule has 0 aliphatic rings. The number of nitrogens with one attached hydrogen (secondary N) is 1. The smallest absolute Gasteiger partial charge is 0.238 e. The summed E-state index contributed by atoms with van der Waals surface area (Å²) in [7, 11) is -3.83. The lowest BCUT2D eigenvalue weighted by Crippen LogP contribution is -2.13. The number of amides is 1. The number of benzene rings is 3. The Hall–Kier alpha value is -3.75. The Labute approximate surface area is 186 Å². The van der Waals surface area contributed by atoms with Crippen LogP contribution in [0.15, 0.2) is 83.9 Å². The van der Waals surface area contributed by atoms with Crippen molar-refractivity contribution in [3.8, 4) is 11.1 Å². The number of pyridine rings is 1. The molecule has 5 N–H and O–H groups in total. The number of carbonyl (C=O) groups is 1. The minimum absolute atomic E-state index is 0.0833. The van der Waals surface area contributed by atoms with E-state index in [1.54, 1.807) is 24.4 Å². The summed E-state index contributed by atoms with van der Waals surface area (Å²) < 4.78 is 23.8. The molecule has 0 aliphatic heterocycles. The van der Waals surface area contributed by atoms with Crippen molar-refractivity contribution >= 4 is 38.2 Å². The van der Waals surface area contributed by atoms with Crippen LogP contribution in [-0.2, 0) is 21.2 Å². The fourth-order valence-electron chi connectivity index (χ4n) is 3.56. The average molecular weight is 447 g/mol. The summed E-state index contributed by atoms with van der Waals surface area (Å²) in [4.78, 5) is 15.7. The molecule has 0 bridgehead atoms. The van der Waals surface area contributed by atoms with Gasteiger partial charge < -0.3 is 11.1 Å². The molecular formula is C24H22N4O3S. The number of carbonyl (C=O) groups excluding carboxylic acids is 1. The minimum Gasteiger partial charge on any atom is -0.370 e. The first kappa shape index (κ1) is 21.5. The van der Waals surface area contributed by atoms with Crippen molar-refractivity contribution in [2.45, 2.75) is 17.7 Å². The molecule has 0 radical (unpaired) electrons. The molecule has 1 heterocycles. The molecule has 4 aromatic rings. The first-order chi connectivity index (χ1) is 15.3. The molecule has 1 aromatic heterocycles. The van der Waals surface area contributed by atoms with Gasteiger partial charge in [-0.3, -0.25) is 4.79 Å². The predicted molar refractivity (Wildman–Crippen MR) is 126 cm³/mol. The topological polar surface area (TPSA) is 128 Å². The number of hydrogen-bond donors (Lipinski definition) is 3. The number of anilines is 2. The molecule has 7 nitrogen and oxygen atoms in total. The second-order valence-corrected chi connectivity index (χ2v) is 8.95. The average Bonchev–Trinajstić information content (AvgIpc) is 2.78. The third-order valence-corrected chi connectivity index (χ3v) is 6.11. The summed E-state index contributed by atoms with van der Waals surface area (Å²) in [5.41, 5.74) is 8.35. The zero-order valence-electron chi connectivity index (χ0n) is 17.2. The molecule has 0 spiro atoms. The van der Waals surface area contributed by atoms with E-state index in [2.05, 4.69) is 10.3 Å². The van der Waals surface area contributed by atoms with Crippen LogP contribution in [0.5, 0.6) is 0 Å². The summed E-state index contributed by atoms with van der Waals surface area (Å²) in [6.07, 6.45) is 2.58. The number of primary amides is 1. The van der Waals surface area contributed by atoms with Crippen molar-refractivity contribution in [1.82, 2.24) is 4.98 Å². The Balaban J connectivity index is 1.63. The molecule has 3 aromatic carbocycles. The monoisotopic (exact) mass is 446 g/mol. The van der Waals surface area contributed by atoms with Gasteiger partial charge in [0.1, 0.15) is 5.82 Å². The van der Waals surface area contributed by atoms with Crippen molar-refractivity contribution < 1.29 is 13.2 Å². The molecule has 0 unspecified atom stereocenters. The lowest BCUT2D eigenvalue weighted by atomic mass is 10.0. The maximum Gasteiger partial charge on any atom is 0.238 e. The molecular weight excluding hydrogens is 424 g/mol. The van der Waals surface area contributed by atoms with E-state index in [0.29, 0.717) is 17.8 Å². The molecule has 32 heavy (non-hydrogen) atoms. The minimum atomic E-state index is -3.83. The highest BCUT2D eigenvalue weighted by molar-refractivity contribution is 7.89. The zero-order valence-corrected chi connectivity index (χ0v) is 18.0. The number of primary sulfonamides is 1. The van der Waals surface area contributed by atoms with Crippen molar-refractivity contribution in [1.29, 1.82) is 0 Å². The van der Waals surface area contributed by atoms with E-state index in [1.807, 2.05) is 48.5 Å². The van der Waals surface area contributed by atoms with E-state index >= 15 is 0 Å². The highest BCUT2D eigenvalue weighted by atomic mass is 32.2. The molecule has 8 heteroatoms. The Morgan fingerprint density at radius 1 is 0.969 bits per heavy atom. The van der Waals surface area contributed by atoms with Gasteiger partial charge in [-0.1, -0.05) is 42.5 Å². The summed E-state index contributed by atoms with van der Waals surface area (Å²) in [5, 5.41) is 10.6. The molecule has 162 valence electrons. The maximum atomic E-state index is 11.9. The van der Waals surface area contributed by atoms with Gasteiger partial charge in [0.25, 0.3) is 0 Å². The number of aromatic nitrogens is 1. The number of fused-ring (bicyclic) bond motifs is 1.